The van der Waals surface area contributed by atoms with Gasteiger partial charge in [-0.05, 0) is 75.5 Å². The molecule has 3 aromatic heterocycles. The first-order chi connectivity index (χ1) is 28.7. The average molecular weight is 741 g/mol. The second-order valence-electron chi connectivity index (χ2n) is 14.8. The molecular weight excluding hydrogens is 709 g/mol. The van der Waals surface area contributed by atoms with Gasteiger partial charge in [-0.25, -0.2) is 15.0 Å². The maximum absolute atomic E-state index is 6.81. The number of nitrogens with zero attached hydrogens (tertiary/aromatic N) is 4. The molecule has 0 bridgehead atoms. The van der Waals surface area contributed by atoms with Crippen LogP contribution in [-0.2, 0) is 0 Å². The summed E-state index contributed by atoms with van der Waals surface area (Å²) in [6.07, 6.45) is 0. The Kier molecular flexibility index (Phi) is 7.16. The first-order valence-corrected chi connectivity index (χ1v) is 19.5. The molecule has 0 aliphatic heterocycles. The van der Waals surface area contributed by atoms with Crippen LogP contribution >= 0.6 is 0 Å². The molecule has 3 heterocycles. The molecule has 0 aliphatic carbocycles. The van der Waals surface area contributed by atoms with Gasteiger partial charge in [-0.2, -0.15) is 0 Å². The smallest absolute Gasteiger partial charge is 0.227 e. The lowest BCUT2D eigenvalue weighted by Gasteiger charge is -2.11. The summed E-state index contributed by atoms with van der Waals surface area (Å²) < 4.78 is 9.17. The molecule has 0 aliphatic rings. The van der Waals surface area contributed by atoms with Crippen LogP contribution in [0.4, 0.5) is 0 Å². The lowest BCUT2D eigenvalue weighted by molar-refractivity contribution is 0.623. The molecule has 58 heavy (non-hydrogen) atoms. The summed E-state index contributed by atoms with van der Waals surface area (Å²) in [4.78, 5) is 15.3. The van der Waals surface area contributed by atoms with Crippen LogP contribution in [0.1, 0.15) is 0 Å². The molecule has 270 valence electrons. The third kappa shape index (κ3) is 5.14. The van der Waals surface area contributed by atoms with Crippen molar-refractivity contribution >= 4 is 65.2 Å². The summed E-state index contributed by atoms with van der Waals surface area (Å²) >= 11 is 0. The zero-order valence-corrected chi connectivity index (χ0v) is 31.2. The highest BCUT2D eigenvalue weighted by Gasteiger charge is 2.19. The van der Waals surface area contributed by atoms with Crippen molar-refractivity contribution in [3.8, 4) is 51.0 Å². The van der Waals surface area contributed by atoms with Crippen molar-refractivity contribution in [3.05, 3.63) is 194 Å². The predicted molar refractivity (Wildman–Crippen MR) is 238 cm³/mol. The lowest BCUT2D eigenvalue weighted by Crippen LogP contribution is -1.96. The predicted octanol–water partition coefficient (Wildman–Crippen LogP) is 13.8. The highest BCUT2D eigenvalue weighted by atomic mass is 16.3. The minimum atomic E-state index is 0.590. The molecular formula is C53H32N4O. The molecule has 0 saturated heterocycles. The van der Waals surface area contributed by atoms with E-state index >= 15 is 0 Å². The van der Waals surface area contributed by atoms with Crippen molar-refractivity contribution in [2.24, 2.45) is 0 Å². The van der Waals surface area contributed by atoms with Gasteiger partial charge in [-0.15, -0.1) is 0 Å². The quantitative estimate of drug-likeness (QED) is 0.165. The normalized spacial score (nSPS) is 11.8. The summed E-state index contributed by atoms with van der Waals surface area (Å²) in [5.74, 6) is 1.27. The summed E-state index contributed by atoms with van der Waals surface area (Å²) in [5, 5.41) is 9.19. The van der Waals surface area contributed by atoms with Gasteiger partial charge in [0.2, 0.25) is 5.89 Å². The first-order valence-electron chi connectivity index (χ1n) is 19.5. The van der Waals surface area contributed by atoms with E-state index in [1.807, 2.05) is 36.4 Å². The highest BCUT2D eigenvalue weighted by Crippen LogP contribution is 2.41. The Hall–Kier alpha value is -7.89. The van der Waals surface area contributed by atoms with Crippen molar-refractivity contribution in [2.45, 2.75) is 0 Å². The second kappa shape index (κ2) is 12.8. The van der Waals surface area contributed by atoms with E-state index in [1.165, 1.54) is 27.1 Å². The van der Waals surface area contributed by atoms with Gasteiger partial charge >= 0.3 is 0 Å². The standard InChI is InChI=1S/C53H32N4O/c1-4-13-34(14-5-1)45-32-46(35-15-6-2-7-16-35)55-52(54-45)38-22-26-42-37(30-38)21-20-36-24-28-44-51(49(36)42)58-53(56-44)39-23-27-43-48(31-39)57(40-17-8-3-9-18-40)47-29-25-33-12-10-11-19-41(33)50(43)47/h1-32H. The van der Waals surface area contributed by atoms with Crippen molar-refractivity contribution < 1.29 is 4.42 Å². The second-order valence-corrected chi connectivity index (χ2v) is 14.8. The van der Waals surface area contributed by atoms with Crippen molar-refractivity contribution in [1.29, 1.82) is 0 Å². The molecule has 0 atom stereocenters. The minimum absolute atomic E-state index is 0.590. The summed E-state index contributed by atoms with van der Waals surface area (Å²) in [5.41, 5.74) is 10.7. The minimum Gasteiger partial charge on any atom is -0.435 e. The fourth-order valence-corrected chi connectivity index (χ4v) is 8.66. The Bertz CT molecular complexity index is 3500. The molecule has 9 aromatic carbocycles. The number of rotatable bonds is 5. The van der Waals surface area contributed by atoms with E-state index in [0.717, 1.165) is 77.5 Å². The number of para-hydroxylation sites is 1. The fourth-order valence-electron chi connectivity index (χ4n) is 8.66. The highest BCUT2D eigenvalue weighted by molar-refractivity contribution is 6.22. The van der Waals surface area contributed by atoms with Gasteiger partial charge in [0.1, 0.15) is 5.52 Å². The van der Waals surface area contributed by atoms with Crippen LogP contribution in [0.25, 0.3) is 116 Å². The third-order valence-electron chi connectivity index (χ3n) is 11.4. The Balaban J connectivity index is 1.01. The SMILES string of the molecule is c1ccc(-c2cc(-c3ccccc3)nc(-c3ccc4c(ccc5ccc6nc(-c7ccc8c9c%10ccccc%10ccc9n(-c9ccccc9)c8c7)oc6c54)c3)n2)cc1. The van der Waals surface area contributed by atoms with Gasteiger partial charge in [0.25, 0.3) is 0 Å². The van der Waals surface area contributed by atoms with Crippen LogP contribution in [0.15, 0.2) is 199 Å². The van der Waals surface area contributed by atoms with Crippen LogP contribution in [0, 0.1) is 0 Å². The summed E-state index contributed by atoms with van der Waals surface area (Å²) in [7, 11) is 0. The van der Waals surface area contributed by atoms with Crippen molar-refractivity contribution in [1.82, 2.24) is 19.5 Å². The van der Waals surface area contributed by atoms with Crippen molar-refractivity contribution in [3.63, 3.8) is 0 Å². The monoisotopic (exact) mass is 740 g/mol. The first kappa shape index (κ1) is 32.4. The number of hydrogen-bond acceptors (Lipinski definition) is 4. The van der Waals surface area contributed by atoms with E-state index in [-0.39, 0.29) is 0 Å². The van der Waals surface area contributed by atoms with Crippen LogP contribution in [0.3, 0.4) is 0 Å². The Morgan fingerprint density at radius 3 is 1.78 bits per heavy atom. The van der Waals surface area contributed by atoms with E-state index in [2.05, 4.69) is 162 Å². The van der Waals surface area contributed by atoms with E-state index in [0.29, 0.717) is 11.7 Å². The largest absolute Gasteiger partial charge is 0.435 e. The third-order valence-corrected chi connectivity index (χ3v) is 11.4. The van der Waals surface area contributed by atoms with Crippen LogP contribution in [-0.4, -0.2) is 19.5 Å². The van der Waals surface area contributed by atoms with E-state index in [1.54, 1.807) is 0 Å². The summed E-state index contributed by atoms with van der Waals surface area (Å²) in [6.45, 7) is 0. The van der Waals surface area contributed by atoms with Gasteiger partial charge in [-0.1, -0.05) is 146 Å². The van der Waals surface area contributed by atoms with Gasteiger partial charge in [-0.3, -0.25) is 0 Å². The topological polar surface area (TPSA) is 56.7 Å². The molecule has 12 rings (SSSR count). The van der Waals surface area contributed by atoms with Gasteiger partial charge in [0.05, 0.1) is 22.4 Å². The number of aromatic nitrogens is 4. The van der Waals surface area contributed by atoms with E-state index in [4.69, 9.17) is 19.4 Å². The number of oxazole rings is 1. The maximum atomic E-state index is 6.81. The molecule has 5 heteroatoms. The maximum Gasteiger partial charge on any atom is 0.227 e. The van der Waals surface area contributed by atoms with E-state index < -0.39 is 0 Å². The molecule has 12 aromatic rings. The number of hydrogen-bond donors (Lipinski definition) is 0. The summed E-state index contributed by atoms with van der Waals surface area (Å²) in [6, 6.07) is 67.9. The molecule has 0 saturated carbocycles. The van der Waals surface area contributed by atoms with Gasteiger partial charge in [0.15, 0.2) is 11.4 Å². The van der Waals surface area contributed by atoms with Crippen LogP contribution < -0.4 is 0 Å². The Morgan fingerprint density at radius 1 is 0.379 bits per heavy atom. The van der Waals surface area contributed by atoms with Crippen LogP contribution in [0.2, 0.25) is 0 Å². The average Bonchev–Trinajstić information content (AvgIpc) is 3.89. The fraction of sp³-hybridized carbons (Fsp3) is 0. The molecule has 0 radical (unpaired) electrons. The van der Waals surface area contributed by atoms with Gasteiger partial charge in [0, 0.05) is 44.1 Å². The number of benzene rings is 9. The zero-order chi connectivity index (χ0) is 38.2. The van der Waals surface area contributed by atoms with Crippen molar-refractivity contribution in [2.75, 3.05) is 0 Å². The zero-order valence-electron chi connectivity index (χ0n) is 31.2. The van der Waals surface area contributed by atoms with Crippen LogP contribution in [0.5, 0.6) is 0 Å². The molecule has 0 amide bonds. The molecule has 0 unspecified atom stereocenters. The molecule has 0 fully saturated rings. The Labute approximate surface area is 333 Å². The van der Waals surface area contributed by atoms with E-state index in [9.17, 15) is 0 Å². The Morgan fingerprint density at radius 2 is 1.00 bits per heavy atom. The van der Waals surface area contributed by atoms with Gasteiger partial charge < -0.3 is 8.98 Å². The number of fused-ring (bicyclic) bond motifs is 10. The lowest BCUT2D eigenvalue weighted by atomic mass is 9.99. The molecule has 0 spiro atoms. The molecule has 0 N–H and O–H groups in total. The molecule has 5 nitrogen and oxygen atoms in total.